The number of amides is 1. The zero-order chi connectivity index (χ0) is 14.5. The molecular formula is C10H20N2O5S. The van der Waals surface area contributed by atoms with Crippen LogP contribution in [0.3, 0.4) is 0 Å². The van der Waals surface area contributed by atoms with Gasteiger partial charge in [-0.15, -0.1) is 0 Å². The zero-order valence-electron chi connectivity index (χ0n) is 10.9. The van der Waals surface area contributed by atoms with Crippen LogP contribution >= 0.6 is 0 Å². The van der Waals surface area contributed by atoms with Crippen LogP contribution in [0.25, 0.3) is 0 Å². The van der Waals surface area contributed by atoms with Crippen LogP contribution in [0.2, 0.25) is 0 Å². The first-order valence-electron chi connectivity index (χ1n) is 5.57. The SMILES string of the molecule is CNC(=O)C(CC(C)C)NS(=O)(=O)C(C)C(=O)O. The molecule has 0 aromatic carbocycles. The second-order valence-electron chi connectivity index (χ2n) is 4.44. The van der Waals surface area contributed by atoms with Gasteiger partial charge in [-0.05, 0) is 19.3 Å². The normalized spacial score (nSPS) is 15.2. The number of hydrogen-bond acceptors (Lipinski definition) is 4. The molecule has 0 aliphatic carbocycles. The van der Waals surface area contributed by atoms with Gasteiger partial charge in [0.15, 0.2) is 5.25 Å². The van der Waals surface area contributed by atoms with Gasteiger partial charge in [0.1, 0.15) is 6.04 Å². The molecule has 0 saturated carbocycles. The highest BCUT2D eigenvalue weighted by Gasteiger charge is 2.32. The summed E-state index contributed by atoms with van der Waals surface area (Å²) in [6.07, 6.45) is 0.297. The minimum absolute atomic E-state index is 0.0927. The smallest absolute Gasteiger partial charge is 0.323 e. The Morgan fingerprint density at radius 1 is 1.22 bits per heavy atom. The Morgan fingerprint density at radius 2 is 1.72 bits per heavy atom. The third-order valence-corrected chi connectivity index (χ3v) is 4.14. The Kier molecular flexibility index (Phi) is 6.27. The number of carboxylic acid groups (broad SMARTS) is 1. The molecule has 0 bridgehead atoms. The fraction of sp³-hybridized carbons (Fsp3) is 0.800. The second kappa shape index (κ2) is 6.69. The standard InChI is InChI=1S/C10H20N2O5S/c1-6(2)5-8(9(13)11-4)12-18(16,17)7(3)10(14)15/h6-8,12H,5H2,1-4H3,(H,11,13)(H,14,15). The number of sulfonamides is 1. The molecule has 106 valence electrons. The highest BCUT2D eigenvalue weighted by molar-refractivity contribution is 7.90. The van der Waals surface area contributed by atoms with Gasteiger partial charge in [0.05, 0.1) is 0 Å². The van der Waals surface area contributed by atoms with Gasteiger partial charge in [-0.1, -0.05) is 13.8 Å². The van der Waals surface area contributed by atoms with Gasteiger partial charge in [-0.3, -0.25) is 9.59 Å². The van der Waals surface area contributed by atoms with E-state index in [9.17, 15) is 18.0 Å². The van der Waals surface area contributed by atoms with E-state index in [1.165, 1.54) is 7.05 Å². The van der Waals surface area contributed by atoms with Crippen molar-refractivity contribution in [3.63, 3.8) is 0 Å². The minimum atomic E-state index is -4.07. The monoisotopic (exact) mass is 280 g/mol. The molecular weight excluding hydrogens is 260 g/mol. The molecule has 3 N–H and O–H groups in total. The van der Waals surface area contributed by atoms with E-state index in [1.54, 1.807) is 0 Å². The Labute approximate surface area is 107 Å². The Hall–Kier alpha value is -1.15. The fourth-order valence-corrected chi connectivity index (χ4v) is 2.36. The first-order chi connectivity index (χ1) is 8.11. The number of rotatable bonds is 7. The summed E-state index contributed by atoms with van der Waals surface area (Å²) in [5, 5.41) is 9.44. The molecule has 18 heavy (non-hydrogen) atoms. The summed E-state index contributed by atoms with van der Waals surface area (Å²) < 4.78 is 25.6. The van der Waals surface area contributed by atoms with Crippen molar-refractivity contribution in [1.29, 1.82) is 0 Å². The molecule has 2 atom stereocenters. The lowest BCUT2D eigenvalue weighted by atomic mass is 10.0. The van der Waals surface area contributed by atoms with Gasteiger partial charge in [-0.2, -0.15) is 0 Å². The van der Waals surface area contributed by atoms with Crippen LogP contribution in [0, 0.1) is 5.92 Å². The molecule has 8 heteroatoms. The second-order valence-corrected chi connectivity index (χ2v) is 6.47. The molecule has 0 radical (unpaired) electrons. The van der Waals surface area contributed by atoms with Crippen molar-refractivity contribution >= 4 is 21.9 Å². The van der Waals surface area contributed by atoms with E-state index in [0.29, 0.717) is 6.42 Å². The Balaban J connectivity index is 4.98. The van der Waals surface area contributed by atoms with Crippen LogP contribution < -0.4 is 10.0 Å². The van der Waals surface area contributed by atoms with E-state index in [0.717, 1.165) is 6.92 Å². The van der Waals surface area contributed by atoms with Crippen molar-refractivity contribution in [3.05, 3.63) is 0 Å². The summed E-state index contributed by atoms with van der Waals surface area (Å²) in [6.45, 7) is 4.73. The van der Waals surface area contributed by atoms with Crippen LogP contribution in [0.15, 0.2) is 0 Å². The molecule has 0 aromatic heterocycles. The van der Waals surface area contributed by atoms with Gasteiger partial charge >= 0.3 is 5.97 Å². The average Bonchev–Trinajstić information content (AvgIpc) is 2.24. The van der Waals surface area contributed by atoms with Crippen LogP contribution in [-0.4, -0.2) is 43.7 Å². The van der Waals surface area contributed by atoms with Crippen molar-refractivity contribution < 1.29 is 23.1 Å². The van der Waals surface area contributed by atoms with Crippen LogP contribution in [-0.2, 0) is 19.6 Å². The molecule has 0 aromatic rings. The first kappa shape index (κ1) is 16.9. The summed E-state index contributed by atoms with van der Waals surface area (Å²) in [7, 11) is -2.68. The molecule has 0 aliphatic rings. The van der Waals surface area contributed by atoms with Gasteiger partial charge in [0, 0.05) is 7.05 Å². The Morgan fingerprint density at radius 3 is 2.06 bits per heavy atom. The maximum absolute atomic E-state index is 11.7. The lowest BCUT2D eigenvalue weighted by molar-refractivity contribution is -0.136. The van der Waals surface area contributed by atoms with Crippen LogP contribution in [0.5, 0.6) is 0 Å². The summed E-state index contributed by atoms with van der Waals surface area (Å²) >= 11 is 0. The summed E-state index contributed by atoms with van der Waals surface area (Å²) in [5.41, 5.74) is 0. The van der Waals surface area contributed by atoms with Crippen LogP contribution in [0.4, 0.5) is 0 Å². The largest absolute Gasteiger partial charge is 0.480 e. The fourth-order valence-electron chi connectivity index (χ4n) is 1.29. The molecule has 0 fully saturated rings. The number of carbonyl (C=O) groups excluding carboxylic acids is 1. The quantitative estimate of drug-likeness (QED) is 0.584. The van der Waals surface area contributed by atoms with Crippen molar-refractivity contribution in [2.24, 2.45) is 5.92 Å². The van der Waals surface area contributed by atoms with Gasteiger partial charge in [0.25, 0.3) is 0 Å². The molecule has 0 aliphatic heterocycles. The summed E-state index contributed by atoms with van der Waals surface area (Å²) in [4.78, 5) is 22.2. The number of aliphatic carboxylic acids is 1. The van der Waals surface area contributed by atoms with E-state index in [1.807, 2.05) is 13.8 Å². The molecule has 0 heterocycles. The topological polar surface area (TPSA) is 113 Å². The van der Waals surface area contributed by atoms with Gasteiger partial charge < -0.3 is 10.4 Å². The van der Waals surface area contributed by atoms with Crippen LogP contribution in [0.1, 0.15) is 27.2 Å². The number of carboxylic acids is 1. The number of carbonyl (C=O) groups is 2. The Bertz CT molecular complexity index is 404. The molecule has 0 rings (SSSR count). The summed E-state index contributed by atoms with van der Waals surface area (Å²) in [5.74, 6) is -1.84. The zero-order valence-corrected chi connectivity index (χ0v) is 11.7. The van der Waals surface area contributed by atoms with E-state index in [2.05, 4.69) is 10.0 Å². The number of hydrogen-bond donors (Lipinski definition) is 3. The number of likely N-dealkylation sites (N-methyl/N-ethyl adjacent to an activating group) is 1. The van der Waals surface area contributed by atoms with E-state index < -0.39 is 33.2 Å². The molecule has 2 unspecified atom stereocenters. The molecule has 0 saturated heterocycles. The first-order valence-corrected chi connectivity index (χ1v) is 7.12. The van der Waals surface area contributed by atoms with E-state index >= 15 is 0 Å². The van der Waals surface area contributed by atoms with Crippen molar-refractivity contribution in [2.75, 3.05) is 7.05 Å². The van der Waals surface area contributed by atoms with Gasteiger partial charge in [0.2, 0.25) is 15.9 Å². The molecule has 0 spiro atoms. The lowest BCUT2D eigenvalue weighted by Gasteiger charge is -2.20. The maximum atomic E-state index is 11.7. The predicted octanol–water partition coefficient (Wildman–Crippen LogP) is -0.460. The minimum Gasteiger partial charge on any atom is -0.480 e. The molecule has 7 nitrogen and oxygen atoms in total. The van der Waals surface area contributed by atoms with Crippen molar-refractivity contribution in [3.8, 4) is 0 Å². The third kappa shape index (κ3) is 5.01. The predicted molar refractivity (Wildman–Crippen MR) is 66.5 cm³/mol. The van der Waals surface area contributed by atoms with Gasteiger partial charge in [-0.25, -0.2) is 13.1 Å². The summed E-state index contributed by atoms with van der Waals surface area (Å²) in [6, 6.07) is -0.957. The van der Waals surface area contributed by atoms with E-state index in [-0.39, 0.29) is 5.92 Å². The highest BCUT2D eigenvalue weighted by atomic mass is 32.2. The van der Waals surface area contributed by atoms with Crippen molar-refractivity contribution in [2.45, 2.75) is 38.5 Å². The van der Waals surface area contributed by atoms with Crippen molar-refractivity contribution in [1.82, 2.24) is 10.0 Å². The maximum Gasteiger partial charge on any atom is 0.323 e. The number of nitrogens with one attached hydrogen (secondary N) is 2. The lowest BCUT2D eigenvalue weighted by Crippen LogP contribution is -2.50. The average molecular weight is 280 g/mol. The van der Waals surface area contributed by atoms with E-state index in [4.69, 9.17) is 5.11 Å². The molecule has 1 amide bonds. The highest BCUT2D eigenvalue weighted by Crippen LogP contribution is 2.08. The third-order valence-electron chi connectivity index (χ3n) is 2.39.